The molecule has 1 aliphatic heterocycles. The molecule has 3 amide bonds. The molecule has 1 saturated heterocycles. The summed E-state index contributed by atoms with van der Waals surface area (Å²) in [5, 5.41) is 13.5. The molecule has 11 nitrogen and oxygen atoms in total. The van der Waals surface area contributed by atoms with Gasteiger partial charge in [0, 0.05) is 12.2 Å². The molecule has 2 aromatic rings. The fourth-order valence-corrected chi connectivity index (χ4v) is 4.47. The number of carbonyl (C=O) groups excluding carboxylic acids is 2. The summed E-state index contributed by atoms with van der Waals surface area (Å²) >= 11 is 0. The highest BCUT2D eigenvalue weighted by Gasteiger charge is 2.34. The summed E-state index contributed by atoms with van der Waals surface area (Å²) in [4.78, 5) is 42.2. The normalized spacial score (nSPS) is 18.1. The van der Waals surface area contributed by atoms with Gasteiger partial charge in [-0.25, -0.2) is 18.2 Å². The van der Waals surface area contributed by atoms with Crippen molar-refractivity contribution in [1.82, 2.24) is 9.88 Å². The molecule has 2 atom stereocenters. The average Bonchev–Trinajstić information content (AvgIpc) is 2.74. The van der Waals surface area contributed by atoms with E-state index in [1.165, 1.54) is 17.2 Å². The van der Waals surface area contributed by atoms with E-state index in [1.807, 2.05) is 6.92 Å². The Kier molecular flexibility index (Phi) is 7.40. The number of rotatable bonds is 5. The van der Waals surface area contributed by atoms with E-state index in [0.717, 1.165) is 18.2 Å². The number of piperidine rings is 1. The van der Waals surface area contributed by atoms with Gasteiger partial charge in [-0.05, 0) is 55.0 Å². The van der Waals surface area contributed by atoms with Crippen LogP contribution < -0.4 is 15.4 Å². The molecule has 1 aromatic carbocycles. The number of hydrogen-bond donors (Lipinski definition) is 4. The van der Waals surface area contributed by atoms with Gasteiger partial charge in [-0.1, -0.05) is 19.1 Å². The van der Waals surface area contributed by atoms with Gasteiger partial charge in [0.15, 0.2) is 0 Å². The number of sulfonamides is 1. The molecule has 4 N–H and O–H groups in total. The quantitative estimate of drug-likeness (QED) is 0.470. The second-order valence-corrected chi connectivity index (χ2v) is 10.2. The summed E-state index contributed by atoms with van der Waals surface area (Å²) in [7, 11) is -3.40. The van der Waals surface area contributed by atoms with Crippen LogP contribution in [0, 0.1) is 12.8 Å². The zero-order valence-electron chi connectivity index (χ0n) is 19.0. The lowest BCUT2D eigenvalue weighted by Crippen LogP contribution is -2.46. The largest absolute Gasteiger partial charge is 0.465 e. The van der Waals surface area contributed by atoms with Gasteiger partial charge >= 0.3 is 17.9 Å². The van der Waals surface area contributed by atoms with Gasteiger partial charge in [0.05, 0.1) is 24.2 Å². The molecule has 0 aliphatic carbocycles. The fraction of sp³-hybridized carbons (Fsp3) is 0.364. The summed E-state index contributed by atoms with van der Waals surface area (Å²) in [6.07, 6.45) is 2.62. The van der Waals surface area contributed by atoms with Crippen LogP contribution in [0.1, 0.15) is 36.9 Å². The van der Waals surface area contributed by atoms with Crippen LogP contribution in [0.4, 0.5) is 22.0 Å². The van der Waals surface area contributed by atoms with E-state index in [4.69, 9.17) is 5.11 Å². The van der Waals surface area contributed by atoms with Gasteiger partial charge in [0.1, 0.15) is 5.82 Å². The zero-order chi connectivity index (χ0) is 25.0. The fourth-order valence-electron chi connectivity index (χ4n) is 3.90. The van der Waals surface area contributed by atoms with Gasteiger partial charge in [0.2, 0.25) is 10.0 Å². The molecule has 2 heterocycles. The third kappa shape index (κ3) is 6.44. The molecule has 3 rings (SSSR count). The Morgan fingerprint density at radius 3 is 2.35 bits per heavy atom. The molecule has 0 saturated carbocycles. The lowest BCUT2D eigenvalue weighted by Gasteiger charge is -2.38. The Bertz CT molecular complexity index is 1200. The van der Waals surface area contributed by atoms with Crippen LogP contribution in [-0.4, -0.2) is 54.1 Å². The van der Waals surface area contributed by atoms with E-state index in [1.54, 1.807) is 31.2 Å². The molecular weight excluding hydrogens is 462 g/mol. The molecule has 1 aromatic heterocycles. The summed E-state index contributed by atoms with van der Waals surface area (Å²) in [6.45, 7) is 4.04. The highest BCUT2D eigenvalue weighted by molar-refractivity contribution is 7.92. The van der Waals surface area contributed by atoms with Gasteiger partial charge in [-0.15, -0.1) is 0 Å². The number of carboxylic acid groups (broad SMARTS) is 1. The number of benzene rings is 1. The number of hydrogen-bond acceptors (Lipinski definition) is 6. The lowest BCUT2D eigenvalue weighted by molar-refractivity contribution is -0.146. The summed E-state index contributed by atoms with van der Waals surface area (Å²) in [5.74, 6) is -1.17. The topological polar surface area (TPSA) is 158 Å². The van der Waals surface area contributed by atoms with Crippen LogP contribution in [-0.2, 0) is 19.6 Å². The number of nitrogens with zero attached hydrogens (tertiary/aromatic N) is 2. The maximum absolute atomic E-state index is 13.1. The van der Waals surface area contributed by atoms with E-state index in [-0.39, 0.29) is 23.5 Å². The first-order valence-corrected chi connectivity index (χ1v) is 12.5. The molecule has 1 unspecified atom stereocenters. The molecule has 0 spiro atoms. The molecule has 34 heavy (non-hydrogen) atoms. The summed E-state index contributed by atoms with van der Waals surface area (Å²) in [5.41, 5.74) is 1.97. The van der Waals surface area contributed by atoms with Crippen molar-refractivity contribution in [2.45, 2.75) is 32.7 Å². The predicted octanol–water partition coefficient (Wildman–Crippen LogP) is 2.79. The van der Waals surface area contributed by atoms with Crippen LogP contribution in [0.15, 0.2) is 36.5 Å². The SMILES string of the molecule is Cc1cc(NC(=O)C(=O)N2CC(C)CC[C@@H]2c2ccc(NS(C)(=O)=O)cc2)cnc1NC(=O)O. The number of nitrogens with one attached hydrogen (secondary N) is 3. The van der Waals surface area contributed by atoms with E-state index in [0.29, 0.717) is 24.2 Å². The first kappa shape index (κ1) is 25.0. The number of anilines is 3. The van der Waals surface area contributed by atoms with Crippen molar-refractivity contribution in [3.63, 3.8) is 0 Å². The minimum atomic E-state index is -3.40. The molecular formula is C22H27N5O6S. The first-order valence-electron chi connectivity index (χ1n) is 10.6. The van der Waals surface area contributed by atoms with E-state index < -0.39 is 27.9 Å². The van der Waals surface area contributed by atoms with Crippen LogP contribution in [0.3, 0.4) is 0 Å². The van der Waals surface area contributed by atoms with Crippen LogP contribution in [0.5, 0.6) is 0 Å². The number of pyridine rings is 1. The van der Waals surface area contributed by atoms with Crippen molar-refractivity contribution < 1.29 is 27.9 Å². The second-order valence-electron chi connectivity index (χ2n) is 8.43. The van der Waals surface area contributed by atoms with Crippen molar-refractivity contribution in [3.8, 4) is 0 Å². The molecule has 0 bridgehead atoms. The van der Waals surface area contributed by atoms with Crippen molar-refractivity contribution in [1.29, 1.82) is 0 Å². The van der Waals surface area contributed by atoms with Crippen molar-refractivity contribution in [2.75, 3.05) is 28.2 Å². The number of amides is 3. The van der Waals surface area contributed by atoms with Gasteiger partial charge < -0.3 is 15.3 Å². The highest BCUT2D eigenvalue weighted by atomic mass is 32.2. The predicted molar refractivity (Wildman–Crippen MR) is 127 cm³/mol. The third-order valence-electron chi connectivity index (χ3n) is 5.43. The van der Waals surface area contributed by atoms with E-state index in [9.17, 15) is 22.8 Å². The Labute approximate surface area is 197 Å². The third-order valence-corrected chi connectivity index (χ3v) is 6.04. The second kappa shape index (κ2) is 10.1. The van der Waals surface area contributed by atoms with E-state index >= 15 is 0 Å². The zero-order valence-corrected chi connectivity index (χ0v) is 19.8. The van der Waals surface area contributed by atoms with Crippen molar-refractivity contribution in [2.24, 2.45) is 5.92 Å². The summed E-state index contributed by atoms with van der Waals surface area (Å²) < 4.78 is 25.3. The van der Waals surface area contributed by atoms with Gasteiger partial charge in [0.25, 0.3) is 0 Å². The van der Waals surface area contributed by atoms with Crippen LogP contribution in [0.2, 0.25) is 0 Å². The van der Waals surface area contributed by atoms with Crippen molar-refractivity contribution >= 4 is 45.1 Å². The smallest absolute Gasteiger partial charge is 0.410 e. The molecule has 12 heteroatoms. The number of carbonyl (C=O) groups is 3. The highest BCUT2D eigenvalue weighted by Crippen LogP contribution is 2.34. The van der Waals surface area contributed by atoms with Crippen LogP contribution >= 0.6 is 0 Å². The van der Waals surface area contributed by atoms with Crippen LogP contribution in [0.25, 0.3) is 0 Å². The molecule has 1 aliphatic rings. The van der Waals surface area contributed by atoms with Crippen molar-refractivity contribution in [3.05, 3.63) is 47.7 Å². The Balaban J connectivity index is 1.76. The Hall–Kier alpha value is -3.67. The monoisotopic (exact) mass is 489 g/mol. The van der Waals surface area contributed by atoms with Gasteiger partial charge in [-0.3, -0.25) is 19.6 Å². The minimum absolute atomic E-state index is 0.135. The average molecular weight is 490 g/mol. The number of aryl methyl sites for hydroxylation is 1. The molecule has 0 radical (unpaired) electrons. The Morgan fingerprint density at radius 2 is 1.76 bits per heavy atom. The molecule has 182 valence electrons. The Morgan fingerprint density at radius 1 is 1.09 bits per heavy atom. The maximum atomic E-state index is 13.1. The minimum Gasteiger partial charge on any atom is -0.465 e. The van der Waals surface area contributed by atoms with E-state index in [2.05, 4.69) is 20.3 Å². The number of aromatic nitrogens is 1. The first-order chi connectivity index (χ1) is 15.9. The number of likely N-dealkylation sites (tertiary alicyclic amines) is 1. The van der Waals surface area contributed by atoms with Gasteiger partial charge in [-0.2, -0.15) is 0 Å². The maximum Gasteiger partial charge on any atom is 0.410 e. The standard InChI is InChI=1S/C22H27N5O6S/c1-13-4-9-18(15-5-7-16(8-6-15)26-34(3,32)33)27(12-13)21(29)20(28)24-17-10-14(2)19(23-11-17)25-22(30)31/h5-8,10-11,13,18,26H,4,9,12H2,1-3H3,(H,23,25)(H,24,28)(H,30,31)/t13?,18-/m1/s1. The summed E-state index contributed by atoms with van der Waals surface area (Å²) in [6, 6.07) is 7.93. The molecule has 1 fully saturated rings. The lowest BCUT2D eigenvalue weighted by atomic mass is 9.89.